The molecule has 0 heterocycles. The molecule has 0 saturated carbocycles. The highest BCUT2D eigenvalue weighted by atomic mass is 32.2. The third-order valence-electron chi connectivity index (χ3n) is 3.25. The molecule has 0 bridgehead atoms. The molecule has 0 spiro atoms. The molecule has 1 N–H and O–H groups in total. The molecule has 0 aromatic heterocycles. The van der Waals surface area contributed by atoms with Gasteiger partial charge in [-0.1, -0.05) is 17.3 Å². The van der Waals surface area contributed by atoms with Gasteiger partial charge in [0, 0.05) is 16.1 Å². The van der Waals surface area contributed by atoms with Crippen LogP contribution in [0.2, 0.25) is 0 Å². The first-order valence-electron chi connectivity index (χ1n) is 7.48. The molecule has 0 aliphatic heterocycles. The first kappa shape index (κ1) is 18.7. The molecular weight excluding hydrogens is 340 g/mol. The monoisotopic (exact) mass is 360 g/mol. The number of nitrogens with one attached hydrogen (secondary N) is 1. The van der Waals surface area contributed by atoms with Gasteiger partial charge in [0.15, 0.2) is 18.1 Å². The molecule has 0 aliphatic rings. The Morgan fingerprint density at radius 3 is 2.72 bits per heavy atom. The number of amides is 1. The number of carbonyl (C=O) groups is 1. The Labute approximate surface area is 151 Å². The van der Waals surface area contributed by atoms with E-state index in [1.165, 1.54) is 6.21 Å². The minimum atomic E-state index is -0.284. The lowest BCUT2D eigenvalue weighted by atomic mass is 10.2. The van der Waals surface area contributed by atoms with Gasteiger partial charge in [-0.15, -0.1) is 11.8 Å². The average Bonchev–Trinajstić information content (AvgIpc) is 2.64. The van der Waals surface area contributed by atoms with Gasteiger partial charge in [-0.25, -0.2) is 0 Å². The maximum absolute atomic E-state index is 11.9. The average molecular weight is 360 g/mol. The normalized spacial score (nSPS) is 10.5. The summed E-state index contributed by atoms with van der Waals surface area (Å²) < 4.78 is 10.5. The lowest BCUT2D eigenvalue weighted by molar-refractivity contribution is -0.120. The molecule has 2 rings (SSSR count). The van der Waals surface area contributed by atoms with Crippen molar-refractivity contribution in [2.45, 2.75) is 4.90 Å². The summed E-state index contributed by atoms with van der Waals surface area (Å²) in [4.78, 5) is 18.0. The zero-order valence-corrected chi connectivity index (χ0v) is 15.1. The van der Waals surface area contributed by atoms with Crippen molar-refractivity contribution in [2.75, 3.05) is 32.4 Å². The van der Waals surface area contributed by atoms with Crippen LogP contribution in [0.25, 0.3) is 0 Å². The van der Waals surface area contributed by atoms with Gasteiger partial charge >= 0.3 is 0 Å². The lowest BCUT2D eigenvalue weighted by Crippen LogP contribution is -2.16. The lowest BCUT2D eigenvalue weighted by Gasteiger charge is -2.09. The van der Waals surface area contributed by atoms with Crippen molar-refractivity contribution in [3.63, 3.8) is 0 Å². The van der Waals surface area contributed by atoms with Crippen LogP contribution in [0, 0.1) is 0 Å². The summed E-state index contributed by atoms with van der Waals surface area (Å²) in [7, 11) is 3.11. The maximum Gasteiger partial charge on any atom is 0.265 e. The Bertz CT molecular complexity index is 750. The second-order valence-electron chi connectivity index (χ2n) is 4.87. The van der Waals surface area contributed by atoms with Crippen LogP contribution < -0.4 is 14.8 Å². The molecule has 2 aromatic rings. The highest BCUT2D eigenvalue weighted by Crippen LogP contribution is 2.29. The van der Waals surface area contributed by atoms with E-state index in [-0.39, 0.29) is 12.5 Å². The van der Waals surface area contributed by atoms with Gasteiger partial charge < -0.3 is 19.6 Å². The smallest absolute Gasteiger partial charge is 0.265 e. The van der Waals surface area contributed by atoms with Crippen LogP contribution in [0.4, 0.5) is 5.69 Å². The number of rotatable bonds is 8. The predicted octanol–water partition coefficient (Wildman–Crippen LogP) is 3.41. The number of carbonyl (C=O) groups excluding carboxylic acids is 1. The van der Waals surface area contributed by atoms with Crippen LogP contribution in [0.1, 0.15) is 5.56 Å². The fourth-order valence-corrected chi connectivity index (χ4v) is 2.56. The minimum Gasteiger partial charge on any atom is -0.493 e. The number of benzene rings is 2. The summed E-state index contributed by atoms with van der Waals surface area (Å²) in [5.41, 5.74) is 1.41. The molecule has 0 saturated heterocycles. The Hall–Kier alpha value is -2.67. The number of para-hydroxylation sites is 1. The van der Waals surface area contributed by atoms with Crippen molar-refractivity contribution in [3.05, 3.63) is 48.0 Å². The maximum atomic E-state index is 11.9. The van der Waals surface area contributed by atoms with E-state index in [2.05, 4.69) is 10.5 Å². The number of ether oxygens (including phenoxy) is 2. The molecule has 0 aliphatic carbocycles. The highest BCUT2D eigenvalue weighted by Gasteiger charge is 2.08. The van der Waals surface area contributed by atoms with Gasteiger partial charge in [-0.3, -0.25) is 4.79 Å². The van der Waals surface area contributed by atoms with Gasteiger partial charge in [0.2, 0.25) is 0 Å². The van der Waals surface area contributed by atoms with Crippen molar-refractivity contribution in [1.29, 1.82) is 0 Å². The predicted molar refractivity (Wildman–Crippen MR) is 99.9 cm³/mol. The standard InChI is InChI=1S/C18H20N2O4S/c1-22-16-9-4-6-13(18(16)23-2)11-19-24-12-17(21)20-14-7-5-8-15(10-14)25-3/h4-11H,12H2,1-3H3,(H,20,21)/b19-11+. The summed E-state index contributed by atoms with van der Waals surface area (Å²) >= 11 is 1.61. The van der Waals surface area contributed by atoms with Crippen LogP contribution in [-0.2, 0) is 9.63 Å². The quantitative estimate of drug-likeness (QED) is 0.444. The zero-order chi connectivity index (χ0) is 18.1. The molecular formula is C18H20N2O4S. The van der Waals surface area contributed by atoms with Crippen molar-refractivity contribution >= 4 is 29.6 Å². The molecule has 132 valence electrons. The van der Waals surface area contributed by atoms with Crippen LogP contribution in [-0.4, -0.2) is 39.2 Å². The third kappa shape index (κ3) is 5.42. The SMILES string of the molecule is COc1cccc(/C=N/OCC(=O)Nc2cccc(SC)c2)c1OC. The van der Waals surface area contributed by atoms with Gasteiger partial charge in [0.05, 0.1) is 20.4 Å². The first-order valence-corrected chi connectivity index (χ1v) is 8.70. The second kappa shape index (κ2) is 9.58. The van der Waals surface area contributed by atoms with Gasteiger partial charge in [0.25, 0.3) is 5.91 Å². The number of anilines is 1. The number of nitrogens with zero attached hydrogens (tertiary/aromatic N) is 1. The van der Waals surface area contributed by atoms with E-state index in [0.29, 0.717) is 17.1 Å². The van der Waals surface area contributed by atoms with E-state index >= 15 is 0 Å². The molecule has 6 nitrogen and oxygen atoms in total. The summed E-state index contributed by atoms with van der Waals surface area (Å²) in [6.07, 6.45) is 3.45. The summed E-state index contributed by atoms with van der Waals surface area (Å²) in [5, 5.41) is 6.58. The van der Waals surface area contributed by atoms with Crippen LogP contribution in [0.15, 0.2) is 52.5 Å². The third-order valence-corrected chi connectivity index (χ3v) is 3.97. The van der Waals surface area contributed by atoms with Crippen molar-refractivity contribution < 1.29 is 19.1 Å². The number of hydrogen-bond acceptors (Lipinski definition) is 6. The molecule has 0 radical (unpaired) electrons. The Morgan fingerprint density at radius 2 is 2.00 bits per heavy atom. The summed E-state index contributed by atoms with van der Waals surface area (Å²) in [5.74, 6) is 0.863. The number of thioether (sulfide) groups is 1. The first-order chi connectivity index (χ1) is 12.2. The molecule has 0 fully saturated rings. The van der Waals surface area contributed by atoms with E-state index in [4.69, 9.17) is 14.3 Å². The van der Waals surface area contributed by atoms with Crippen LogP contribution >= 0.6 is 11.8 Å². The summed E-state index contributed by atoms with van der Waals surface area (Å²) in [6.45, 7) is -0.188. The fourth-order valence-electron chi connectivity index (χ4n) is 2.10. The highest BCUT2D eigenvalue weighted by molar-refractivity contribution is 7.98. The minimum absolute atomic E-state index is 0.188. The van der Waals surface area contributed by atoms with E-state index in [0.717, 1.165) is 10.6 Å². The fraction of sp³-hybridized carbons (Fsp3) is 0.222. The number of methoxy groups -OCH3 is 2. The second-order valence-corrected chi connectivity index (χ2v) is 5.75. The Morgan fingerprint density at radius 1 is 1.20 bits per heavy atom. The van der Waals surface area contributed by atoms with Crippen molar-refractivity contribution in [3.8, 4) is 11.5 Å². The van der Waals surface area contributed by atoms with Gasteiger partial charge in [-0.2, -0.15) is 0 Å². The molecule has 2 aromatic carbocycles. The van der Waals surface area contributed by atoms with E-state index in [1.54, 1.807) is 32.0 Å². The zero-order valence-electron chi connectivity index (χ0n) is 14.3. The van der Waals surface area contributed by atoms with E-state index < -0.39 is 0 Å². The summed E-state index contributed by atoms with van der Waals surface area (Å²) in [6, 6.07) is 13.0. The van der Waals surface area contributed by atoms with Crippen LogP contribution in [0.3, 0.4) is 0 Å². The largest absolute Gasteiger partial charge is 0.493 e. The van der Waals surface area contributed by atoms with Gasteiger partial charge in [-0.05, 0) is 36.6 Å². The van der Waals surface area contributed by atoms with Crippen LogP contribution in [0.5, 0.6) is 11.5 Å². The van der Waals surface area contributed by atoms with E-state index in [9.17, 15) is 4.79 Å². The van der Waals surface area contributed by atoms with Gasteiger partial charge in [0.1, 0.15) is 0 Å². The Balaban J connectivity index is 1.89. The molecule has 1 amide bonds. The number of hydrogen-bond donors (Lipinski definition) is 1. The Kier molecular flexibility index (Phi) is 7.16. The number of oxime groups is 1. The van der Waals surface area contributed by atoms with Crippen molar-refractivity contribution in [1.82, 2.24) is 0 Å². The molecule has 25 heavy (non-hydrogen) atoms. The molecule has 0 atom stereocenters. The topological polar surface area (TPSA) is 69.2 Å². The van der Waals surface area contributed by atoms with E-state index in [1.807, 2.05) is 42.7 Å². The molecule has 0 unspecified atom stereocenters. The van der Waals surface area contributed by atoms with Crippen molar-refractivity contribution in [2.24, 2.45) is 5.16 Å². The molecule has 7 heteroatoms.